The van der Waals surface area contributed by atoms with Crippen molar-refractivity contribution in [1.82, 2.24) is 0 Å². The van der Waals surface area contributed by atoms with Crippen molar-refractivity contribution in [2.45, 2.75) is 110 Å². The molecule has 0 fully saturated rings. The van der Waals surface area contributed by atoms with E-state index in [1.807, 2.05) is 0 Å². The first-order chi connectivity index (χ1) is 14.5. The predicted octanol–water partition coefficient (Wildman–Crippen LogP) is 3.51. The van der Waals surface area contributed by atoms with Gasteiger partial charge in [0.15, 0.2) is 6.54 Å². The number of carbonyl (C=O) groups excluding carboxylic acids is 1. The van der Waals surface area contributed by atoms with Crippen LogP contribution in [0.3, 0.4) is 0 Å². The number of carbonyl (C=O) groups is 2. The van der Waals surface area contributed by atoms with Crippen molar-refractivity contribution >= 4 is 41.5 Å². The van der Waals surface area contributed by atoms with Gasteiger partial charge in [0.05, 0.1) is 19.1 Å². The Morgan fingerprint density at radius 2 is 1.06 bits per heavy atom. The molecule has 1 unspecified atom stereocenters. The summed E-state index contributed by atoms with van der Waals surface area (Å²) in [5, 5.41) is 29.4. The number of nitrogens with zero attached hydrogens (tertiary/aromatic N) is 1. The van der Waals surface area contributed by atoms with Crippen molar-refractivity contribution in [3.8, 4) is 0 Å². The summed E-state index contributed by atoms with van der Waals surface area (Å²) in [6.07, 6.45) is 20.2. The molecule has 0 aliphatic rings. The average Bonchev–Trinajstić information content (AvgIpc) is 2.66. The number of quaternary nitrogens is 1. The minimum atomic E-state index is -1.26. The summed E-state index contributed by atoms with van der Waals surface area (Å²) >= 11 is 0. The molecule has 0 aliphatic heterocycles. The van der Waals surface area contributed by atoms with E-state index in [1.54, 1.807) is 0 Å². The van der Waals surface area contributed by atoms with E-state index >= 15 is 0 Å². The van der Waals surface area contributed by atoms with Crippen molar-refractivity contribution in [2.24, 2.45) is 0 Å². The molecule has 0 aromatic carbocycles. The maximum atomic E-state index is 11.1. The molecule has 6 nitrogen and oxygen atoms in total. The van der Waals surface area contributed by atoms with Crippen molar-refractivity contribution in [3.05, 3.63) is 0 Å². The fraction of sp³-hybridized carbons (Fsp3) is 0.917. The maximum absolute atomic E-state index is 11.1. The van der Waals surface area contributed by atoms with Gasteiger partial charge in [0, 0.05) is 29.6 Å². The van der Waals surface area contributed by atoms with E-state index in [2.05, 4.69) is 6.92 Å². The summed E-state index contributed by atoms with van der Waals surface area (Å²) < 4.78 is -0.132. The summed E-state index contributed by atoms with van der Waals surface area (Å²) in [7, 11) is 0. The Kier molecular flexibility index (Phi) is 24.5. The largest absolute Gasteiger partial charge is 0.544 e. The van der Waals surface area contributed by atoms with Gasteiger partial charge in [0.1, 0.15) is 13.1 Å². The molecule has 0 saturated heterocycles. The van der Waals surface area contributed by atoms with Crippen LogP contribution >= 0.6 is 0 Å². The minimum absolute atomic E-state index is 0. The average molecular weight is 453 g/mol. The maximum Gasteiger partial charge on any atom is 0.359 e. The van der Waals surface area contributed by atoms with Gasteiger partial charge in [-0.1, -0.05) is 96.8 Å². The van der Waals surface area contributed by atoms with E-state index in [0.717, 1.165) is 19.3 Å². The second-order valence-electron chi connectivity index (χ2n) is 8.90. The number of carboxylic acids is 2. The fourth-order valence-corrected chi connectivity index (χ4v) is 4.25. The Bertz CT molecular complexity index is 418. The Labute approximate surface area is 212 Å². The normalized spacial score (nSPS) is 12.8. The van der Waals surface area contributed by atoms with Crippen LogP contribution in [0.15, 0.2) is 0 Å². The molecule has 7 heteroatoms. The van der Waals surface area contributed by atoms with Crippen molar-refractivity contribution in [1.29, 1.82) is 0 Å². The van der Waals surface area contributed by atoms with E-state index in [0.29, 0.717) is 6.54 Å². The van der Waals surface area contributed by atoms with Gasteiger partial charge >= 0.3 is 5.97 Å². The molecule has 31 heavy (non-hydrogen) atoms. The van der Waals surface area contributed by atoms with E-state index in [-0.39, 0.29) is 60.3 Å². The molecule has 0 spiro atoms. The SMILES string of the molecule is CCCCCCCCCCCCCCCCCC[N+](CCO)(CC(=O)[O-])CC(=O)O.[Na]. The van der Waals surface area contributed by atoms with Crippen molar-refractivity contribution < 1.29 is 29.4 Å². The van der Waals surface area contributed by atoms with Crippen LogP contribution in [0.25, 0.3) is 0 Å². The molecule has 0 amide bonds. The molecule has 0 rings (SSSR count). The topological polar surface area (TPSA) is 97.7 Å². The number of unbranched alkanes of at least 4 members (excludes halogenated alkanes) is 15. The monoisotopic (exact) mass is 452 g/mol. The van der Waals surface area contributed by atoms with E-state index in [4.69, 9.17) is 5.11 Å². The first-order valence-electron chi connectivity index (χ1n) is 12.3. The molecule has 0 heterocycles. The van der Waals surface area contributed by atoms with Crippen LogP contribution in [0.4, 0.5) is 0 Å². The molecule has 0 bridgehead atoms. The van der Waals surface area contributed by atoms with E-state index in [1.165, 1.54) is 83.5 Å². The third kappa shape index (κ3) is 21.5. The van der Waals surface area contributed by atoms with Gasteiger partial charge in [0.25, 0.3) is 0 Å². The molecule has 1 atom stereocenters. The molecule has 2 N–H and O–H groups in total. The third-order valence-corrected chi connectivity index (χ3v) is 6.00. The molecule has 0 aromatic rings. The Hall–Kier alpha value is -0.140. The second-order valence-corrected chi connectivity index (χ2v) is 8.90. The van der Waals surface area contributed by atoms with Gasteiger partial charge in [-0.3, -0.25) is 0 Å². The Balaban J connectivity index is 0. The minimum Gasteiger partial charge on any atom is -0.544 e. The number of carboxylic acid groups (broad SMARTS) is 2. The van der Waals surface area contributed by atoms with Gasteiger partial charge in [-0.25, -0.2) is 4.79 Å². The number of rotatable bonds is 23. The molecule has 0 aliphatic carbocycles. The first kappa shape index (κ1) is 33.0. The summed E-state index contributed by atoms with van der Waals surface area (Å²) in [4.78, 5) is 22.2. The molecule has 179 valence electrons. The smallest absolute Gasteiger partial charge is 0.359 e. The molecular weight excluding hydrogens is 405 g/mol. The van der Waals surface area contributed by atoms with E-state index < -0.39 is 11.9 Å². The third-order valence-electron chi connectivity index (χ3n) is 6.00. The standard InChI is InChI=1S/C24H47NO5.Na/c1-2-3-4-5-6-7-8-9-10-11-12-13-14-15-16-17-18-25(19-20-26,21-23(27)28)22-24(29)30;/h26H,2-22H2,1H3,(H-,27,28,29,30);. The Morgan fingerprint density at radius 3 is 1.39 bits per heavy atom. The fourth-order valence-electron chi connectivity index (χ4n) is 4.25. The quantitative estimate of drug-likeness (QED) is 0.140. The molecule has 1 radical (unpaired) electrons. The van der Waals surface area contributed by atoms with Crippen LogP contribution in [0.5, 0.6) is 0 Å². The number of aliphatic hydroxyl groups is 1. The number of hydrogen-bond donors (Lipinski definition) is 2. The summed E-state index contributed by atoms with van der Waals surface area (Å²) in [5.41, 5.74) is 0. The summed E-state index contributed by atoms with van der Waals surface area (Å²) in [5.74, 6) is -2.30. The van der Waals surface area contributed by atoms with Crippen LogP contribution in [-0.2, 0) is 9.59 Å². The van der Waals surface area contributed by atoms with Crippen LogP contribution in [0.2, 0.25) is 0 Å². The van der Waals surface area contributed by atoms with Crippen LogP contribution in [0, 0.1) is 0 Å². The van der Waals surface area contributed by atoms with Gasteiger partial charge in [-0.2, -0.15) is 0 Å². The van der Waals surface area contributed by atoms with Gasteiger partial charge in [0.2, 0.25) is 0 Å². The summed E-state index contributed by atoms with van der Waals surface area (Å²) in [6, 6.07) is 0. The zero-order valence-electron chi connectivity index (χ0n) is 20.4. The zero-order valence-corrected chi connectivity index (χ0v) is 22.4. The van der Waals surface area contributed by atoms with Crippen molar-refractivity contribution in [2.75, 3.05) is 32.8 Å². The second kappa shape index (κ2) is 23.0. The van der Waals surface area contributed by atoms with E-state index in [9.17, 15) is 19.8 Å². The first-order valence-corrected chi connectivity index (χ1v) is 12.3. The predicted molar refractivity (Wildman–Crippen MR) is 125 cm³/mol. The van der Waals surface area contributed by atoms with Gasteiger partial charge in [-0.15, -0.1) is 0 Å². The van der Waals surface area contributed by atoms with Crippen molar-refractivity contribution in [3.63, 3.8) is 0 Å². The van der Waals surface area contributed by atoms with Crippen LogP contribution in [0.1, 0.15) is 110 Å². The number of hydrogen-bond acceptors (Lipinski definition) is 4. The molecular formula is C24H47NNaO5. The molecule has 0 saturated carbocycles. The van der Waals surface area contributed by atoms with Crippen LogP contribution < -0.4 is 5.11 Å². The number of aliphatic hydroxyl groups excluding tert-OH is 1. The molecule has 0 aromatic heterocycles. The van der Waals surface area contributed by atoms with Gasteiger partial charge in [-0.05, 0) is 12.8 Å². The van der Waals surface area contributed by atoms with Crippen LogP contribution in [-0.4, -0.2) is 89.0 Å². The number of aliphatic carboxylic acids is 2. The Morgan fingerprint density at radius 1 is 0.677 bits per heavy atom. The summed E-state index contributed by atoms with van der Waals surface area (Å²) in [6.45, 7) is 1.99. The zero-order chi connectivity index (χ0) is 22.5. The van der Waals surface area contributed by atoms with Gasteiger partial charge < -0.3 is 24.6 Å².